The first kappa shape index (κ1) is 21.7. The Kier molecular flexibility index (Phi) is 6.32. The Labute approximate surface area is 193 Å². The van der Waals surface area contributed by atoms with Crippen molar-refractivity contribution >= 4 is 27.6 Å². The molecule has 2 N–H and O–H groups in total. The summed E-state index contributed by atoms with van der Waals surface area (Å²) in [6, 6.07) is 12.6. The third-order valence-corrected chi connectivity index (χ3v) is 5.75. The van der Waals surface area contributed by atoms with Crippen LogP contribution in [0.2, 0.25) is 0 Å². The van der Waals surface area contributed by atoms with Gasteiger partial charge >= 0.3 is 0 Å². The van der Waals surface area contributed by atoms with Gasteiger partial charge in [-0.2, -0.15) is 0 Å². The number of pyridine rings is 1. The van der Waals surface area contributed by atoms with E-state index in [1.807, 2.05) is 43.3 Å². The van der Waals surface area contributed by atoms with Gasteiger partial charge in [-0.25, -0.2) is 0 Å². The summed E-state index contributed by atoms with van der Waals surface area (Å²) < 4.78 is 6.24. The average Bonchev–Trinajstić information content (AvgIpc) is 3.45. The summed E-state index contributed by atoms with van der Waals surface area (Å²) >= 11 is 3.40. The van der Waals surface area contributed by atoms with Crippen LogP contribution in [0.3, 0.4) is 0 Å². The number of nitrogens with one attached hydrogen (secondary N) is 2. The van der Waals surface area contributed by atoms with Crippen molar-refractivity contribution in [3.05, 3.63) is 93.7 Å². The summed E-state index contributed by atoms with van der Waals surface area (Å²) in [7, 11) is 0. The van der Waals surface area contributed by atoms with Crippen LogP contribution in [0.1, 0.15) is 57.1 Å². The Bertz CT molecular complexity index is 1250. The molecule has 1 amide bonds. The molecular formula is C24H21BrN4O3. The molecule has 1 atom stereocenters. The van der Waals surface area contributed by atoms with Crippen molar-refractivity contribution in [2.45, 2.75) is 26.3 Å². The van der Waals surface area contributed by atoms with E-state index in [0.717, 1.165) is 22.0 Å². The molecule has 4 rings (SSSR count). The number of hydrogen-bond acceptors (Lipinski definition) is 5. The molecular weight excluding hydrogens is 472 g/mol. The van der Waals surface area contributed by atoms with Crippen molar-refractivity contribution in [3.8, 4) is 11.3 Å². The highest BCUT2D eigenvalue weighted by molar-refractivity contribution is 9.10. The molecule has 4 aromatic rings. The lowest BCUT2D eigenvalue weighted by Crippen LogP contribution is -2.28. The van der Waals surface area contributed by atoms with Gasteiger partial charge in [-0.1, -0.05) is 40.1 Å². The number of rotatable bonds is 7. The van der Waals surface area contributed by atoms with Crippen LogP contribution in [-0.2, 0) is 0 Å². The van der Waals surface area contributed by atoms with Gasteiger partial charge in [0.05, 0.1) is 11.6 Å². The van der Waals surface area contributed by atoms with E-state index >= 15 is 0 Å². The van der Waals surface area contributed by atoms with Crippen LogP contribution in [0.25, 0.3) is 11.3 Å². The molecule has 0 spiro atoms. The number of H-pyrrole nitrogens is 1. The number of carbonyl (C=O) groups is 2. The van der Waals surface area contributed by atoms with Crippen molar-refractivity contribution in [3.63, 3.8) is 0 Å². The van der Waals surface area contributed by atoms with E-state index in [1.165, 1.54) is 6.20 Å². The second kappa shape index (κ2) is 9.32. The van der Waals surface area contributed by atoms with Crippen molar-refractivity contribution in [1.29, 1.82) is 0 Å². The SMILES string of the molecule is CCC(NC(=O)c1cc(C(=O)c2c(-c3ccc(Br)cc3)noc2C)c[nH]1)c1ccncc1. The van der Waals surface area contributed by atoms with Crippen LogP contribution in [0, 0.1) is 6.92 Å². The zero-order valence-corrected chi connectivity index (χ0v) is 19.1. The van der Waals surface area contributed by atoms with E-state index in [9.17, 15) is 9.59 Å². The van der Waals surface area contributed by atoms with Crippen LogP contribution < -0.4 is 5.32 Å². The first-order valence-corrected chi connectivity index (χ1v) is 10.9. The molecule has 3 heterocycles. The third-order valence-electron chi connectivity index (χ3n) is 5.22. The van der Waals surface area contributed by atoms with Crippen LogP contribution in [-0.4, -0.2) is 26.8 Å². The molecule has 0 aliphatic carbocycles. The zero-order valence-electron chi connectivity index (χ0n) is 17.6. The first-order chi connectivity index (χ1) is 15.5. The van der Waals surface area contributed by atoms with Gasteiger partial charge in [0.25, 0.3) is 5.91 Å². The summed E-state index contributed by atoms with van der Waals surface area (Å²) in [5.41, 5.74) is 3.25. The number of aromatic nitrogens is 3. The number of aromatic amines is 1. The summed E-state index contributed by atoms with van der Waals surface area (Å²) in [4.78, 5) is 33.0. The molecule has 0 aliphatic heterocycles. The Balaban J connectivity index is 1.56. The fourth-order valence-electron chi connectivity index (χ4n) is 3.50. The average molecular weight is 493 g/mol. The number of carbonyl (C=O) groups excluding carboxylic acids is 2. The van der Waals surface area contributed by atoms with Gasteiger partial charge in [-0.15, -0.1) is 0 Å². The van der Waals surface area contributed by atoms with Gasteiger partial charge < -0.3 is 14.8 Å². The molecule has 8 heteroatoms. The minimum Gasteiger partial charge on any atom is -0.360 e. The molecule has 7 nitrogen and oxygen atoms in total. The highest BCUT2D eigenvalue weighted by Crippen LogP contribution is 2.29. The predicted octanol–water partition coefficient (Wildman–Crippen LogP) is 5.25. The lowest BCUT2D eigenvalue weighted by Gasteiger charge is -2.16. The molecule has 162 valence electrons. The van der Waals surface area contributed by atoms with Gasteiger partial charge in [0.2, 0.25) is 0 Å². The molecule has 0 fully saturated rings. The Morgan fingerprint density at radius 3 is 2.56 bits per heavy atom. The smallest absolute Gasteiger partial charge is 0.268 e. The number of amides is 1. The van der Waals surface area contributed by atoms with Gasteiger partial charge in [-0.3, -0.25) is 14.6 Å². The minimum absolute atomic E-state index is 0.155. The number of halogens is 1. The Morgan fingerprint density at radius 1 is 1.16 bits per heavy atom. The van der Waals surface area contributed by atoms with Gasteiger partial charge in [0.1, 0.15) is 17.1 Å². The number of hydrogen-bond donors (Lipinski definition) is 2. The van der Waals surface area contributed by atoms with Crippen LogP contribution >= 0.6 is 15.9 Å². The van der Waals surface area contributed by atoms with E-state index in [-0.39, 0.29) is 17.7 Å². The summed E-state index contributed by atoms with van der Waals surface area (Å²) in [6.45, 7) is 3.69. The third kappa shape index (κ3) is 4.40. The molecule has 0 aliphatic rings. The van der Waals surface area contributed by atoms with Crippen molar-refractivity contribution in [1.82, 2.24) is 20.4 Å². The van der Waals surface area contributed by atoms with E-state index in [0.29, 0.717) is 28.3 Å². The maximum absolute atomic E-state index is 13.3. The fraction of sp³-hybridized carbons (Fsp3) is 0.167. The fourth-order valence-corrected chi connectivity index (χ4v) is 3.76. The summed E-state index contributed by atoms with van der Waals surface area (Å²) in [6.07, 6.45) is 5.64. The molecule has 0 radical (unpaired) electrons. The summed E-state index contributed by atoms with van der Waals surface area (Å²) in [5, 5.41) is 7.08. The van der Waals surface area contributed by atoms with Gasteiger partial charge in [0.15, 0.2) is 5.78 Å². The van der Waals surface area contributed by atoms with Gasteiger partial charge in [0, 0.05) is 34.2 Å². The molecule has 0 saturated carbocycles. The second-order valence-electron chi connectivity index (χ2n) is 7.32. The van der Waals surface area contributed by atoms with Gasteiger partial charge in [-0.05, 0) is 49.2 Å². The number of ketones is 1. The summed E-state index contributed by atoms with van der Waals surface area (Å²) in [5.74, 6) is -0.134. The van der Waals surface area contributed by atoms with Crippen LogP contribution in [0.15, 0.2) is 70.1 Å². The Morgan fingerprint density at radius 2 is 1.88 bits per heavy atom. The molecule has 0 saturated heterocycles. The molecule has 1 aromatic carbocycles. The van der Waals surface area contributed by atoms with Crippen molar-refractivity contribution < 1.29 is 14.1 Å². The second-order valence-corrected chi connectivity index (χ2v) is 8.23. The van der Waals surface area contributed by atoms with E-state index in [4.69, 9.17) is 4.52 Å². The quantitative estimate of drug-likeness (QED) is 0.343. The minimum atomic E-state index is -0.289. The van der Waals surface area contributed by atoms with Crippen LogP contribution in [0.4, 0.5) is 0 Å². The zero-order chi connectivity index (χ0) is 22.7. The molecule has 1 unspecified atom stereocenters. The standard InChI is InChI=1S/C24H21BrN4O3/c1-3-19(15-8-10-26-11-9-15)28-24(31)20-12-17(13-27-20)23(30)21-14(2)32-29-22(21)16-4-6-18(25)7-5-16/h4-13,19,27H,3H2,1-2H3,(H,28,31). The molecule has 3 aromatic heterocycles. The Hall–Kier alpha value is -3.52. The lowest BCUT2D eigenvalue weighted by atomic mass is 9.99. The number of benzene rings is 1. The normalized spacial score (nSPS) is 11.8. The largest absolute Gasteiger partial charge is 0.360 e. The van der Waals surface area contributed by atoms with Crippen LogP contribution in [0.5, 0.6) is 0 Å². The highest BCUT2D eigenvalue weighted by atomic mass is 79.9. The van der Waals surface area contributed by atoms with E-state index < -0.39 is 0 Å². The van der Waals surface area contributed by atoms with E-state index in [1.54, 1.807) is 25.4 Å². The predicted molar refractivity (Wildman–Crippen MR) is 123 cm³/mol. The molecule has 32 heavy (non-hydrogen) atoms. The first-order valence-electron chi connectivity index (χ1n) is 10.1. The maximum atomic E-state index is 13.3. The molecule has 0 bridgehead atoms. The monoisotopic (exact) mass is 492 g/mol. The number of aryl methyl sites for hydroxylation is 1. The highest BCUT2D eigenvalue weighted by Gasteiger charge is 2.25. The van der Waals surface area contributed by atoms with Crippen molar-refractivity contribution in [2.24, 2.45) is 0 Å². The van der Waals surface area contributed by atoms with Crippen molar-refractivity contribution in [2.75, 3.05) is 0 Å². The maximum Gasteiger partial charge on any atom is 0.268 e. The van der Waals surface area contributed by atoms with E-state index in [2.05, 4.69) is 36.4 Å². The lowest BCUT2D eigenvalue weighted by molar-refractivity contribution is 0.0931. The topological polar surface area (TPSA) is 101 Å². The number of nitrogens with zero attached hydrogens (tertiary/aromatic N) is 2.